The molecular formula is C27H45NO6. The van der Waals surface area contributed by atoms with Crippen LogP contribution in [0.3, 0.4) is 0 Å². The normalized spacial score (nSPS) is 12.3. The summed E-state index contributed by atoms with van der Waals surface area (Å²) >= 11 is 0. The molecule has 0 aliphatic carbocycles. The van der Waals surface area contributed by atoms with Crippen LogP contribution in [0, 0.1) is 5.41 Å². The third kappa shape index (κ3) is 13.4. The Kier molecular flexibility index (Phi) is 14.3. The highest BCUT2D eigenvalue weighted by Gasteiger charge is 2.20. The number of benzene rings is 1. The van der Waals surface area contributed by atoms with Crippen LogP contribution in [0.4, 0.5) is 4.79 Å². The molecule has 194 valence electrons. The van der Waals surface area contributed by atoms with Crippen LogP contribution in [0.15, 0.2) is 24.3 Å². The number of carbonyl (C=O) groups is 2. The number of carboxylic acids is 1. The number of aliphatic carboxylic acids is 1. The van der Waals surface area contributed by atoms with Gasteiger partial charge in [-0.2, -0.15) is 0 Å². The van der Waals surface area contributed by atoms with Crippen molar-refractivity contribution in [1.29, 1.82) is 0 Å². The zero-order valence-corrected chi connectivity index (χ0v) is 21.8. The maximum Gasteiger partial charge on any atom is 0.409 e. The molecule has 1 amide bonds. The monoisotopic (exact) mass is 479 g/mol. The molecule has 0 radical (unpaired) electrons. The van der Waals surface area contributed by atoms with Crippen LogP contribution in [0.2, 0.25) is 0 Å². The Morgan fingerprint density at radius 3 is 2.21 bits per heavy atom. The number of hydrogen-bond acceptors (Lipinski definition) is 5. The van der Waals surface area contributed by atoms with Crippen molar-refractivity contribution in [3.8, 4) is 5.75 Å². The second-order valence-corrected chi connectivity index (χ2v) is 9.85. The highest BCUT2D eigenvalue weighted by Crippen LogP contribution is 2.16. The van der Waals surface area contributed by atoms with Gasteiger partial charge in [0.25, 0.3) is 0 Å². The number of unbranched alkanes of at least 4 members (excludes halogenated alkanes) is 5. The molecule has 7 nitrogen and oxygen atoms in total. The summed E-state index contributed by atoms with van der Waals surface area (Å²) in [5.41, 5.74) is 0.783. The average Bonchev–Trinajstić information content (AvgIpc) is 2.78. The molecule has 0 aliphatic rings. The number of carboxylic acid groups (broad SMARTS) is 1. The Hall–Kier alpha value is -2.28. The lowest BCUT2D eigenvalue weighted by Crippen LogP contribution is -2.37. The van der Waals surface area contributed by atoms with Crippen molar-refractivity contribution in [2.24, 2.45) is 5.41 Å². The van der Waals surface area contributed by atoms with Gasteiger partial charge < -0.3 is 24.2 Å². The minimum absolute atomic E-state index is 0.0818. The van der Waals surface area contributed by atoms with E-state index in [-0.39, 0.29) is 11.5 Å². The van der Waals surface area contributed by atoms with Crippen molar-refractivity contribution in [2.45, 2.75) is 85.7 Å². The molecular weight excluding hydrogens is 434 g/mol. The predicted octanol–water partition coefficient (Wildman–Crippen LogP) is 5.94. The van der Waals surface area contributed by atoms with Gasteiger partial charge in [0, 0.05) is 19.6 Å². The van der Waals surface area contributed by atoms with E-state index in [1.165, 1.54) is 25.7 Å². The molecule has 0 bridgehead atoms. The van der Waals surface area contributed by atoms with Gasteiger partial charge in [-0.15, -0.1) is 0 Å². The Labute approximate surface area is 205 Å². The fourth-order valence-electron chi connectivity index (χ4n) is 3.38. The molecule has 0 spiro atoms. The van der Waals surface area contributed by atoms with Crippen molar-refractivity contribution in [2.75, 3.05) is 32.9 Å². The largest absolute Gasteiger partial charge is 0.492 e. The van der Waals surface area contributed by atoms with Crippen molar-refractivity contribution in [3.63, 3.8) is 0 Å². The fraction of sp³-hybridized carbons (Fsp3) is 0.704. The van der Waals surface area contributed by atoms with Crippen molar-refractivity contribution >= 4 is 12.1 Å². The third-order valence-electron chi connectivity index (χ3n) is 5.29. The first-order valence-corrected chi connectivity index (χ1v) is 12.6. The summed E-state index contributed by atoms with van der Waals surface area (Å²) in [5.74, 6) is -0.291. The van der Waals surface area contributed by atoms with E-state index >= 15 is 0 Å². The Bertz CT molecular complexity index is 698. The van der Waals surface area contributed by atoms with Crippen LogP contribution in [-0.4, -0.2) is 61.1 Å². The summed E-state index contributed by atoms with van der Waals surface area (Å²) in [6.45, 7) is 12.3. The molecule has 0 aliphatic heterocycles. The number of hydrogen-bond donors (Lipinski definition) is 1. The van der Waals surface area contributed by atoms with Gasteiger partial charge in [0.1, 0.15) is 12.4 Å². The van der Waals surface area contributed by atoms with E-state index in [0.29, 0.717) is 45.1 Å². The summed E-state index contributed by atoms with van der Waals surface area (Å²) in [5, 5.41) is 9.24. The van der Waals surface area contributed by atoms with Gasteiger partial charge in [-0.1, -0.05) is 71.9 Å². The first-order valence-electron chi connectivity index (χ1n) is 12.6. The number of carbonyl (C=O) groups excluding carboxylic acids is 1. The molecule has 1 aromatic carbocycles. The van der Waals surface area contributed by atoms with E-state index < -0.39 is 12.1 Å². The molecule has 0 fully saturated rings. The van der Waals surface area contributed by atoms with E-state index in [9.17, 15) is 14.7 Å². The van der Waals surface area contributed by atoms with Gasteiger partial charge in [-0.3, -0.25) is 0 Å². The van der Waals surface area contributed by atoms with E-state index in [2.05, 4.69) is 6.92 Å². The second kappa shape index (κ2) is 16.4. The van der Waals surface area contributed by atoms with Crippen LogP contribution < -0.4 is 4.74 Å². The van der Waals surface area contributed by atoms with E-state index in [0.717, 1.165) is 18.4 Å². The van der Waals surface area contributed by atoms with E-state index in [4.69, 9.17) is 14.2 Å². The SMILES string of the molecule is CCCCCCCCN(CCOc1ccc(CC(OCC)C(=O)O)cc1)C(=O)OCC(C)(C)C. The molecule has 7 heteroatoms. The van der Waals surface area contributed by atoms with E-state index in [1.54, 1.807) is 11.8 Å². The zero-order chi connectivity index (χ0) is 25.4. The molecule has 1 rings (SSSR count). The predicted molar refractivity (Wildman–Crippen MR) is 134 cm³/mol. The lowest BCUT2D eigenvalue weighted by atomic mass is 9.99. The smallest absolute Gasteiger partial charge is 0.409 e. The summed E-state index contributed by atoms with van der Waals surface area (Å²) in [6, 6.07) is 7.32. The molecule has 0 heterocycles. The van der Waals surface area contributed by atoms with Gasteiger partial charge >= 0.3 is 12.1 Å². The molecule has 1 aromatic rings. The maximum atomic E-state index is 12.6. The minimum Gasteiger partial charge on any atom is -0.492 e. The van der Waals surface area contributed by atoms with E-state index in [1.807, 2.05) is 45.0 Å². The van der Waals surface area contributed by atoms with Gasteiger partial charge in [-0.25, -0.2) is 9.59 Å². The zero-order valence-electron chi connectivity index (χ0n) is 21.8. The number of ether oxygens (including phenoxy) is 3. The van der Waals surface area contributed by atoms with Crippen LogP contribution in [0.25, 0.3) is 0 Å². The second-order valence-electron chi connectivity index (χ2n) is 9.85. The van der Waals surface area contributed by atoms with Gasteiger partial charge in [0.2, 0.25) is 0 Å². The van der Waals surface area contributed by atoms with Gasteiger partial charge in [-0.05, 0) is 36.5 Å². The number of amides is 1. The molecule has 1 unspecified atom stereocenters. The van der Waals surface area contributed by atoms with Crippen LogP contribution in [-0.2, 0) is 20.7 Å². The molecule has 0 saturated heterocycles. The molecule has 1 N–H and O–H groups in total. The summed E-state index contributed by atoms with van der Waals surface area (Å²) in [7, 11) is 0. The Morgan fingerprint density at radius 2 is 1.62 bits per heavy atom. The maximum absolute atomic E-state index is 12.6. The summed E-state index contributed by atoms with van der Waals surface area (Å²) in [6.07, 6.45) is 6.11. The first kappa shape index (κ1) is 29.8. The van der Waals surface area contributed by atoms with Gasteiger partial charge in [0.15, 0.2) is 6.10 Å². The van der Waals surface area contributed by atoms with Crippen LogP contribution in [0.1, 0.15) is 78.7 Å². The number of nitrogens with zero attached hydrogens (tertiary/aromatic N) is 1. The quantitative estimate of drug-likeness (QED) is 0.278. The van der Waals surface area contributed by atoms with Crippen LogP contribution in [0.5, 0.6) is 5.75 Å². The third-order valence-corrected chi connectivity index (χ3v) is 5.29. The molecule has 0 aromatic heterocycles. The van der Waals surface area contributed by atoms with Crippen LogP contribution >= 0.6 is 0 Å². The first-order chi connectivity index (χ1) is 16.2. The lowest BCUT2D eigenvalue weighted by molar-refractivity contribution is -0.149. The van der Waals surface area contributed by atoms with Crippen molar-refractivity contribution in [1.82, 2.24) is 4.90 Å². The fourth-order valence-corrected chi connectivity index (χ4v) is 3.38. The summed E-state index contributed by atoms with van der Waals surface area (Å²) in [4.78, 5) is 25.6. The highest BCUT2D eigenvalue weighted by atomic mass is 16.6. The minimum atomic E-state index is -0.967. The topological polar surface area (TPSA) is 85.3 Å². The molecule has 1 atom stereocenters. The van der Waals surface area contributed by atoms with Crippen molar-refractivity contribution < 1.29 is 28.9 Å². The number of rotatable bonds is 17. The van der Waals surface area contributed by atoms with Crippen molar-refractivity contribution in [3.05, 3.63) is 29.8 Å². The summed E-state index contributed by atoms with van der Waals surface area (Å²) < 4.78 is 16.7. The Balaban J connectivity index is 2.56. The standard InChI is InChI=1S/C27H45NO6/c1-6-8-9-10-11-12-17-28(26(31)34-21-27(3,4)5)18-19-33-23-15-13-22(14-16-23)20-24(25(29)30)32-7-2/h13-16,24H,6-12,17-21H2,1-5H3,(H,29,30). The molecule has 34 heavy (non-hydrogen) atoms. The van der Waals surface area contributed by atoms with Gasteiger partial charge in [0.05, 0.1) is 13.2 Å². The Morgan fingerprint density at radius 1 is 0.971 bits per heavy atom. The average molecular weight is 480 g/mol. The lowest BCUT2D eigenvalue weighted by Gasteiger charge is -2.25. The molecule has 0 saturated carbocycles. The highest BCUT2D eigenvalue weighted by molar-refractivity contribution is 5.72.